The van der Waals surface area contributed by atoms with Crippen molar-refractivity contribution >= 4 is 39.3 Å². The topological polar surface area (TPSA) is 101 Å². The molecule has 2 aromatic carbocycles. The molecule has 2 aromatic rings. The van der Waals surface area contributed by atoms with Crippen LogP contribution in [0.25, 0.3) is 0 Å². The molecule has 3 amide bonds. The van der Waals surface area contributed by atoms with Crippen molar-refractivity contribution in [2.45, 2.75) is 31.1 Å². The maximum absolute atomic E-state index is 13.2. The number of amides is 3. The summed E-state index contributed by atoms with van der Waals surface area (Å²) in [6.45, 7) is -0.234. The highest BCUT2D eigenvalue weighted by Crippen LogP contribution is 2.42. The third kappa shape index (κ3) is 4.42. The maximum Gasteiger partial charge on any atom is 0.251 e. The number of nitrogens with two attached hydrogens (primary N) is 1. The fraction of sp³-hybridized carbons (Fsp3) is 0.286. The van der Waals surface area contributed by atoms with Crippen molar-refractivity contribution in [3.63, 3.8) is 0 Å². The van der Waals surface area contributed by atoms with Crippen LogP contribution < -0.4 is 16.4 Å². The molecule has 0 radical (unpaired) electrons. The zero-order valence-electron chi connectivity index (χ0n) is 15.3. The summed E-state index contributed by atoms with van der Waals surface area (Å²) >= 11 is 3.44. The van der Waals surface area contributed by atoms with Crippen LogP contribution in [0.15, 0.2) is 53.0 Å². The molecule has 146 valence electrons. The molecule has 6 nitrogen and oxygen atoms in total. The summed E-state index contributed by atoms with van der Waals surface area (Å²) in [6, 6.07) is 14.5. The number of benzene rings is 2. The van der Waals surface area contributed by atoms with Crippen LogP contribution in [-0.2, 0) is 15.0 Å². The van der Waals surface area contributed by atoms with E-state index in [1.54, 1.807) is 24.3 Å². The van der Waals surface area contributed by atoms with E-state index < -0.39 is 17.2 Å². The Kier molecular flexibility index (Phi) is 6.14. The summed E-state index contributed by atoms with van der Waals surface area (Å²) in [5, 5.41) is 5.42. The average molecular weight is 444 g/mol. The molecule has 0 aromatic heterocycles. The zero-order chi connectivity index (χ0) is 20.1. The molecule has 0 spiro atoms. The lowest BCUT2D eigenvalue weighted by atomic mass is 9.78. The van der Waals surface area contributed by atoms with Gasteiger partial charge in [0.25, 0.3) is 5.91 Å². The summed E-state index contributed by atoms with van der Waals surface area (Å²) in [5.41, 5.74) is 6.38. The summed E-state index contributed by atoms with van der Waals surface area (Å²) in [6.07, 6.45) is 3.58. The van der Waals surface area contributed by atoms with Gasteiger partial charge in [0.2, 0.25) is 11.8 Å². The molecule has 0 unspecified atom stereocenters. The number of anilines is 1. The van der Waals surface area contributed by atoms with E-state index in [1.165, 1.54) is 0 Å². The van der Waals surface area contributed by atoms with Crippen LogP contribution >= 0.6 is 15.9 Å². The Balaban J connectivity index is 1.79. The second-order valence-corrected chi connectivity index (χ2v) is 7.90. The van der Waals surface area contributed by atoms with Gasteiger partial charge in [-0.1, -0.05) is 47.0 Å². The number of primary amides is 1. The van der Waals surface area contributed by atoms with E-state index in [-0.39, 0.29) is 12.5 Å². The standard InChI is InChI=1S/C21H22BrN3O3/c22-16-8-6-15(7-9-16)21(10-1-2-11-21)20(28)25-17-5-3-4-14(12-17)19(27)24-13-18(23)26/h3-9,12H,1-2,10-11,13H2,(H2,23,26)(H,24,27)(H,25,28). The quantitative estimate of drug-likeness (QED) is 0.638. The van der Waals surface area contributed by atoms with Crippen molar-refractivity contribution in [3.8, 4) is 0 Å². The number of hydrogen-bond donors (Lipinski definition) is 3. The van der Waals surface area contributed by atoms with E-state index in [4.69, 9.17) is 5.73 Å². The normalized spacial score (nSPS) is 15.0. The number of carbonyl (C=O) groups is 3. The minimum Gasteiger partial charge on any atom is -0.368 e. The van der Waals surface area contributed by atoms with Gasteiger partial charge >= 0.3 is 0 Å². The van der Waals surface area contributed by atoms with E-state index in [1.807, 2.05) is 24.3 Å². The van der Waals surface area contributed by atoms with Gasteiger partial charge in [-0.05, 0) is 48.7 Å². The van der Waals surface area contributed by atoms with Crippen LogP contribution in [0.2, 0.25) is 0 Å². The molecule has 28 heavy (non-hydrogen) atoms. The van der Waals surface area contributed by atoms with Gasteiger partial charge in [0.15, 0.2) is 0 Å². The number of nitrogens with one attached hydrogen (secondary N) is 2. The van der Waals surface area contributed by atoms with Gasteiger partial charge in [-0.2, -0.15) is 0 Å². The minimum absolute atomic E-state index is 0.0676. The molecule has 1 aliphatic rings. The third-order valence-electron chi connectivity index (χ3n) is 5.09. The molecule has 0 bridgehead atoms. The Hall–Kier alpha value is -2.67. The van der Waals surface area contributed by atoms with Crippen molar-refractivity contribution < 1.29 is 14.4 Å². The molecule has 1 saturated carbocycles. The van der Waals surface area contributed by atoms with Crippen molar-refractivity contribution in [2.24, 2.45) is 5.73 Å². The van der Waals surface area contributed by atoms with Gasteiger partial charge in [0, 0.05) is 15.7 Å². The summed E-state index contributed by atoms with van der Waals surface area (Å²) in [5.74, 6) is -1.10. The lowest BCUT2D eigenvalue weighted by Gasteiger charge is -2.28. The second-order valence-electron chi connectivity index (χ2n) is 6.98. The Bertz CT molecular complexity index is 890. The lowest BCUT2D eigenvalue weighted by molar-refractivity contribution is -0.121. The van der Waals surface area contributed by atoms with Crippen LogP contribution in [0.4, 0.5) is 5.69 Å². The summed E-state index contributed by atoms with van der Waals surface area (Å²) < 4.78 is 0.972. The Morgan fingerprint density at radius 3 is 2.36 bits per heavy atom. The summed E-state index contributed by atoms with van der Waals surface area (Å²) in [7, 11) is 0. The van der Waals surface area contributed by atoms with Crippen LogP contribution in [0.3, 0.4) is 0 Å². The maximum atomic E-state index is 13.2. The number of rotatable bonds is 6. The fourth-order valence-electron chi connectivity index (χ4n) is 3.65. The van der Waals surface area contributed by atoms with Crippen molar-refractivity contribution in [1.29, 1.82) is 0 Å². The van der Waals surface area contributed by atoms with Crippen LogP contribution in [0.1, 0.15) is 41.6 Å². The molecule has 0 atom stereocenters. The molecule has 7 heteroatoms. The third-order valence-corrected chi connectivity index (χ3v) is 5.62. The van der Waals surface area contributed by atoms with Gasteiger partial charge < -0.3 is 16.4 Å². The fourth-order valence-corrected chi connectivity index (χ4v) is 3.92. The van der Waals surface area contributed by atoms with Crippen molar-refractivity contribution in [2.75, 3.05) is 11.9 Å². The number of carbonyl (C=O) groups excluding carboxylic acids is 3. The first-order valence-electron chi connectivity index (χ1n) is 9.15. The van der Waals surface area contributed by atoms with Crippen molar-refractivity contribution in [1.82, 2.24) is 5.32 Å². The summed E-state index contributed by atoms with van der Waals surface area (Å²) in [4.78, 5) is 36.2. The van der Waals surface area contributed by atoms with E-state index >= 15 is 0 Å². The smallest absolute Gasteiger partial charge is 0.251 e. The highest BCUT2D eigenvalue weighted by atomic mass is 79.9. The molecule has 4 N–H and O–H groups in total. The van der Waals surface area contributed by atoms with Crippen LogP contribution in [-0.4, -0.2) is 24.3 Å². The van der Waals surface area contributed by atoms with Gasteiger partial charge in [0.05, 0.1) is 12.0 Å². The number of halogens is 1. The highest BCUT2D eigenvalue weighted by Gasteiger charge is 2.42. The SMILES string of the molecule is NC(=O)CNC(=O)c1cccc(NC(=O)C2(c3ccc(Br)cc3)CCCC2)c1. The Morgan fingerprint density at radius 1 is 1.04 bits per heavy atom. The van der Waals surface area contributed by atoms with Crippen molar-refractivity contribution in [3.05, 3.63) is 64.1 Å². The predicted molar refractivity (Wildman–Crippen MR) is 111 cm³/mol. The average Bonchev–Trinajstić information content (AvgIpc) is 3.18. The van der Waals surface area contributed by atoms with E-state index in [2.05, 4.69) is 26.6 Å². The molecule has 1 fully saturated rings. The first-order chi connectivity index (χ1) is 13.4. The molecule has 0 heterocycles. The highest BCUT2D eigenvalue weighted by molar-refractivity contribution is 9.10. The monoisotopic (exact) mass is 443 g/mol. The van der Waals surface area contributed by atoms with Crippen LogP contribution in [0.5, 0.6) is 0 Å². The van der Waals surface area contributed by atoms with E-state index in [9.17, 15) is 14.4 Å². The largest absolute Gasteiger partial charge is 0.368 e. The van der Waals surface area contributed by atoms with Crippen LogP contribution in [0, 0.1) is 0 Å². The molecule has 0 saturated heterocycles. The molecule has 3 rings (SSSR count). The predicted octanol–water partition coefficient (Wildman–Crippen LogP) is 3.11. The Morgan fingerprint density at radius 2 is 1.71 bits per heavy atom. The molecule has 0 aliphatic heterocycles. The zero-order valence-corrected chi connectivity index (χ0v) is 16.9. The Labute approximate surface area is 172 Å². The van der Waals surface area contributed by atoms with E-state index in [0.717, 1.165) is 35.7 Å². The minimum atomic E-state index is -0.615. The molecular formula is C21H22BrN3O3. The van der Waals surface area contributed by atoms with Gasteiger partial charge in [-0.25, -0.2) is 0 Å². The van der Waals surface area contributed by atoms with Gasteiger partial charge in [-0.15, -0.1) is 0 Å². The number of hydrogen-bond acceptors (Lipinski definition) is 3. The first-order valence-corrected chi connectivity index (χ1v) is 9.94. The lowest BCUT2D eigenvalue weighted by Crippen LogP contribution is -2.38. The second kappa shape index (κ2) is 8.56. The molecule has 1 aliphatic carbocycles. The van der Waals surface area contributed by atoms with E-state index in [0.29, 0.717) is 11.3 Å². The molecular weight excluding hydrogens is 422 g/mol. The first kappa shape index (κ1) is 20.1. The van der Waals surface area contributed by atoms with Gasteiger partial charge in [-0.3, -0.25) is 14.4 Å². The van der Waals surface area contributed by atoms with Gasteiger partial charge in [0.1, 0.15) is 0 Å².